The van der Waals surface area contributed by atoms with Crippen LogP contribution in [0, 0.1) is 0 Å². The number of carbonyl (C=O) groups excluding carboxylic acids is 1. The highest BCUT2D eigenvalue weighted by Gasteiger charge is 2.18. The van der Waals surface area contributed by atoms with Crippen LogP contribution in [0.2, 0.25) is 10.0 Å². The van der Waals surface area contributed by atoms with Gasteiger partial charge in [0.05, 0.1) is 23.6 Å². The molecule has 0 fully saturated rings. The van der Waals surface area contributed by atoms with E-state index in [0.717, 1.165) is 27.3 Å². The molecule has 1 N–H and O–H groups in total. The maximum absolute atomic E-state index is 11.8. The molecule has 1 amide bonds. The molecule has 0 saturated heterocycles. The molecule has 5 rings (SSSR count). The third-order valence-electron chi connectivity index (χ3n) is 5.03. The first-order chi connectivity index (χ1) is 15.6. The summed E-state index contributed by atoms with van der Waals surface area (Å²) in [6, 6.07) is 21.1. The molecular formula is C24H17Cl2N3O2S. The summed E-state index contributed by atoms with van der Waals surface area (Å²) in [7, 11) is 0. The van der Waals surface area contributed by atoms with Crippen molar-refractivity contribution in [2.24, 2.45) is 4.99 Å². The molecule has 1 aliphatic heterocycles. The second kappa shape index (κ2) is 8.82. The average molecular weight is 482 g/mol. The molecule has 1 aliphatic rings. The first-order valence-electron chi connectivity index (χ1n) is 9.86. The van der Waals surface area contributed by atoms with Gasteiger partial charge in [-0.15, -0.1) is 11.3 Å². The van der Waals surface area contributed by atoms with Gasteiger partial charge in [-0.25, -0.2) is 4.99 Å². The molecule has 3 aromatic carbocycles. The summed E-state index contributed by atoms with van der Waals surface area (Å²) in [4.78, 5) is 17.5. The highest BCUT2D eigenvalue weighted by atomic mass is 35.5. The third-order valence-corrected chi connectivity index (χ3v) is 6.48. The number of halogens is 2. The van der Waals surface area contributed by atoms with E-state index in [0.29, 0.717) is 28.0 Å². The maximum Gasteiger partial charge on any atom is 0.262 e. The Bertz CT molecular complexity index is 1380. The van der Waals surface area contributed by atoms with Crippen molar-refractivity contribution in [3.8, 4) is 17.0 Å². The van der Waals surface area contributed by atoms with Gasteiger partial charge in [-0.3, -0.25) is 4.79 Å². The molecule has 0 saturated carbocycles. The van der Waals surface area contributed by atoms with E-state index in [9.17, 15) is 4.79 Å². The van der Waals surface area contributed by atoms with Crippen LogP contribution < -0.4 is 14.9 Å². The van der Waals surface area contributed by atoms with Gasteiger partial charge in [0.15, 0.2) is 11.4 Å². The summed E-state index contributed by atoms with van der Waals surface area (Å²) in [5.74, 6) is 0.491. The van der Waals surface area contributed by atoms with Gasteiger partial charge in [-0.2, -0.15) is 0 Å². The fourth-order valence-corrected chi connectivity index (χ4v) is 4.87. The normalized spacial score (nSPS) is 13.4. The Morgan fingerprint density at radius 2 is 1.91 bits per heavy atom. The maximum atomic E-state index is 11.8. The number of nitrogens with zero attached hydrogens (tertiary/aromatic N) is 2. The minimum Gasteiger partial charge on any atom is -0.482 e. The zero-order valence-corrected chi connectivity index (χ0v) is 19.0. The van der Waals surface area contributed by atoms with E-state index in [1.54, 1.807) is 17.4 Å². The number of carbonyl (C=O) groups is 1. The predicted octanol–water partition coefficient (Wildman–Crippen LogP) is 6.14. The number of anilines is 1. The fraction of sp³-hybridized carbons (Fsp3) is 0.0833. The van der Waals surface area contributed by atoms with Gasteiger partial charge in [0.25, 0.3) is 5.91 Å². The van der Waals surface area contributed by atoms with Crippen molar-refractivity contribution >= 4 is 51.8 Å². The van der Waals surface area contributed by atoms with Crippen molar-refractivity contribution in [2.75, 3.05) is 11.9 Å². The second-order valence-corrected chi connectivity index (χ2v) is 8.90. The van der Waals surface area contributed by atoms with Crippen LogP contribution in [0.5, 0.6) is 5.75 Å². The van der Waals surface area contributed by atoms with Crippen LogP contribution in [0.3, 0.4) is 0 Å². The summed E-state index contributed by atoms with van der Waals surface area (Å²) < 4.78 is 7.61. The molecule has 32 heavy (non-hydrogen) atoms. The summed E-state index contributed by atoms with van der Waals surface area (Å²) in [6.07, 6.45) is 0. The monoisotopic (exact) mass is 481 g/mol. The number of para-hydroxylation sites is 1. The highest BCUT2D eigenvalue weighted by molar-refractivity contribution is 7.07. The van der Waals surface area contributed by atoms with E-state index in [1.165, 1.54) is 0 Å². The lowest BCUT2D eigenvalue weighted by Gasteiger charge is -2.19. The smallest absolute Gasteiger partial charge is 0.262 e. The first-order valence-corrected chi connectivity index (χ1v) is 11.5. The van der Waals surface area contributed by atoms with E-state index in [1.807, 2.05) is 60.7 Å². The lowest BCUT2D eigenvalue weighted by molar-refractivity contribution is -0.118. The van der Waals surface area contributed by atoms with Crippen LogP contribution >= 0.6 is 34.5 Å². The quantitative estimate of drug-likeness (QED) is 0.380. The lowest BCUT2D eigenvalue weighted by atomic mass is 10.1. The molecule has 0 radical (unpaired) electrons. The van der Waals surface area contributed by atoms with Gasteiger partial charge >= 0.3 is 0 Å². The largest absolute Gasteiger partial charge is 0.482 e. The van der Waals surface area contributed by atoms with Gasteiger partial charge in [0.2, 0.25) is 0 Å². The lowest BCUT2D eigenvalue weighted by Crippen LogP contribution is -2.25. The van der Waals surface area contributed by atoms with Crippen LogP contribution in [-0.4, -0.2) is 17.1 Å². The zero-order chi connectivity index (χ0) is 22.1. The molecule has 0 bridgehead atoms. The minimum absolute atomic E-state index is 0.0277. The number of rotatable bonds is 4. The van der Waals surface area contributed by atoms with Crippen LogP contribution in [-0.2, 0) is 11.3 Å². The van der Waals surface area contributed by atoms with E-state index >= 15 is 0 Å². The second-order valence-electron chi connectivity index (χ2n) is 7.22. The molecule has 2 heterocycles. The summed E-state index contributed by atoms with van der Waals surface area (Å²) in [5.41, 5.74) is 4.34. The van der Waals surface area contributed by atoms with Crippen molar-refractivity contribution in [1.29, 1.82) is 0 Å². The van der Waals surface area contributed by atoms with Crippen molar-refractivity contribution in [3.05, 3.63) is 92.5 Å². The number of benzene rings is 3. The van der Waals surface area contributed by atoms with Crippen molar-refractivity contribution in [3.63, 3.8) is 0 Å². The van der Waals surface area contributed by atoms with Gasteiger partial charge in [0.1, 0.15) is 5.75 Å². The van der Waals surface area contributed by atoms with Gasteiger partial charge in [-0.1, -0.05) is 47.5 Å². The van der Waals surface area contributed by atoms with Gasteiger partial charge in [0, 0.05) is 21.0 Å². The van der Waals surface area contributed by atoms with E-state index in [2.05, 4.69) is 15.3 Å². The van der Waals surface area contributed by atoms with E-state index in [-0.39, 0.29) is 12.5 Å². The number of thiazole rings is 1. The molecule has 0 aliphatic carbocycles. The molecule has 160 valence electrons. The Balaban J connectivity index is 1.64. The Morgan fingerprint density at radius 3 is 2.72 bits per heavy atom. The topological polar surface area (TPSA) is 55.6 Å². The van der Waals surface area contributed by atoms with Crippen molar-refractivity contribution in [1.82, 2.24) is 4.57 Å². The molecule has 0 spiro atoms. The number of hydrogen-bond donors (Lipinski definition) is 1. The molecule has 4 aromatic rings. The van der Waals surface area contributed by atoms with Gasteiger partial charge in [-0.05, 0) is 48.0 Å². The summed E-state index contributed by atoms with van der Waals surface area (Å²) in [6.45, 7) is 0.542. The minimum atomic E-state index is -0.166. The Kier molecular flexibility index (Phi) is 5.74. The molecule has 8 heteroatoms. The number of amides is 1. The standard InChI is InChI=1S/C24H17Cl2N3O2S/c25-17-8-6-16(19(26)11-17)12-29-21(14-32-24(29)27-18-4-2-1-3-5-18)15-7-9-22-20(10-15)28-23(30)13-31-22/h1-11,14H,12-13H2,(H,28,30). The molecule has 1 aromatic heterocycles. The number of aromatic nitrogens is 1. The van der Waals surface area contributed by atoms with Crippen LogP contribution in [0.1, 0.15) is 5.56 Å². The Labute approximate surface area is 198 Å². The van der Waals surface area contributed by atoms with Gasteiger partial charge < -0.3 is 14.6 Å². The molecule has 0 atom stereocenters. The molecular weight excluding hydrogens is 465 g/mol. The molecule has 5 nitrogen and oxygen atoms in total. The van der Waals surface area contributed by atoms with Crippen LogP contribution in [0.25, 0.3) is 11.3 Å². The number of ether oxygens (including phenoxy) is 1. The first kappa shape index (κ1) is 20.8. The summed E-state index contributed by atoms with van der Waals surface area (Å²) in [5, 5.41) is 6.11. The Morgan fingerprint density at radius 1 is 1.06 bits per heavy atom. The fourth-order valence-electron chi connectivity index (χ4n) is 3.48. The summed E-state index contributed by atoms with van der Waals surface area (Å²) >= 11 is 14.1. The number of hydrogen-bond acceptors (Lipinski definition) is 4. The SMILES string of the molecule is O=C1COc2ccc(-c3csc(=Nc4ccccc4)n3Cc3ccc(Cl)cc3Cl)cc2N1. The van der Waals surface area contributed by atoms with E-state index < -0.39 is 0 Å². The predicted molar refractivity (Wildman–Crippen MR) is 129 cm³/mol. The van der Waals surface area contributed by atoms with Crippen molar-refractivity contribution < 1.29 is 9.53 Å². The third kappa shape index (κ3) is 4.30. The van der Waals surface area contributed by atoms with Crippen LogP contribution in [0.4, 0.5) is 11.4 Å². The van der Waals surface area contributed by atoms with Crippen LogP contribution in [0.15, 0.2) is 77.1 Å². The number of nitrogens with one attached hydrogen (secondary N) is 1. The van der Waals surface area contributed by atoms with E-state index in [4.69, 9.17) is 32.9 Å². The zero-order valence-electron chi connectivity index (χ0n) is 16.7. The highest BCUT2D eigenvalue weighted by Crippen LogP contribution is 2.33. The Hall–Kier alpha value is -3.06. The number of fused-ring (bicyclic) bond motifs is 1. The van der Waals surface area contributed by atoms with Crippen molar-refractivity contribution in [2.45, 2.75) is 6.54 Å². The molecule has 0 unspecified atom stereocenters. The average Bonchev–Trinajstić information content (AvgIpc) is 3.18.